The molecule has 4 aromatic rings. The third-order valence-corrected chi connectivity index (χ3v) is 4.52. The Balaban J connectivity index is 1.51. The van der Waals surface area contributed by atoms with Crippen molar-refractivity contribution >= 4 is 34.0 Å². The second-order valence-corrected chi connectivity index (χ2v) is 6.14. The van der Waals surface area contributed by atoms with Gasteiger partial charge in [0.05, 0.1) is 5.52 Å². The van der Waals surface area contributed by atoms with Gasteiger partial charge in [0.2, 0.25) is 5.95 Å². The molecule has 0 unspecified atom stereocenters. The molecular formula is C17H17N7. The zero-order valence-electron chi connectivity index (χ0n) is 13.3. The van der Waals surface area contributed by atoms with Crippen molar-refractivity contribution in [3.05, 3.63) is 42.1 Å². The first-order chi connectivity index (χ1) is 11.8. The van der Waals surface area contributed by atoms with Crippen molar-refractivity contribution in [1.82, 2.24) is 24.8 Å². The van der Waals surface area contributed by atoms with E-state index in [2.05, 4.69) is 42.6 Å². The molecule has 1 aliphatic heterocycles. The Morgan fingerprint density at radius 2 is 2.08 bits per heavy atom. The maximum absolute atomic E-state index is 4.62. The van der Waals surface area contributed by atoms with Gasteiger partial charge in [0.25, 0.3) is 0 Å². The number of nitrogens with one attached hydrogen (secondary N) is 2. The standard InChI is InChI=1S/C17H17N7/c1-11-13-7-6-12(10-14(13)21-20-11)18-17-19-15-4-2-5-16(24(15)22-17)23-8-3-9-23/h2,4-7,10H,3,8-9H2,1H3,(H,18,22)(H,20,21). The molecule has 0 atom stereocenters. The van der Waals surface area contributed by atoms with Gasteiger partial charge >= 0.3 is 0 Å². The minimum absolute atomic E-state index is 0.592. The highest BCUT2D eigenvalue weighted by molar-refractivity contribution is 5.85. The Labute approximate surface area is 138 Å². The Bertz CT molecular complexity index is 1040. The Hall–Kier alpha value is -3.09. The van der Waals surface area contributed by atoms with E-state index in [1.807, 2.05) is 35.7 Å². The fourth-order valence-electron chi connectivity index (χ4n) is 3.08. The molecule has 1 aliphatic rings. The van der Waals surface area contributed by atoms with Crippen LogP contribution in [-0.4, -0.2) is 37.9 Å². The van der Waals surface area contributed by atoms with Gasteiger partial charge in [-0.15, -0.1) is 5.10 Å². The van der Waals surface area contributed by atoms with E-state index in [9.17, 15) is 0 Å². The van der Waals surface area contributed by atoms with E-state index in [0.29, 0.717) is 5.95 Å². The van der Waals surface area contributed by atoms with E-state index >= 15 is 0 Å². The van der Waals surface area contributed by atoms with Gasteiger partial charge in [0, 0.05) is 29.9 Å². The SMILES string of the molecule is Cc1[nH]nc2cc(Nc3nc4cccc(N5CCC5)n4n3)ccc12. The third-order valence-electron chi connectivity index (χ3n) is 4.52. The molecule has 1 fully saturated rings. The molecule has 0 radical (unpaired) electrons. The molecule has 2 N–H and O–H groups in total. The van der Waals surface area contributed by atoms with E-state index in [0.717, 1.165) is 46.8 Å². The topological polar surface area (TPSA) is 74.1 Å². The number of nitrogens with zero attached hydrogens (tertiary/aromatic N) is 5. The van der Waals surface area contributed by atoms with Crippen molar-refractivity contribution in [3.63, 3.8) is 0 Å². The minimum Gasteiger partial charge on any atom is -0.356 e. The van der Waals surface area contributed by atoms with Gasteiger partial charge in [-0.05, 0) is 43.7 Å². The zero-order valence-corrected chi connectivity index (χ0v) is 13.3. The number of hydrogen-bond acceptors (Lipinski definition) is 5. The lowest BCUT2D eigenvalue weighted by molar-refractivity contribution is 0.601. The first-order valence-electron chi connectivity index (χ1n) is 8.10. The summed E-state index contributed by atoms with van der Waals surface area (Å²) in [6, 6.07) is 12.2. The predicted octanol–water partition coefficient (Wildman–Crippen LogP) is 2.87. The van der Waals surface area contributed by atoms with Crippen LogP contribution in [0.15, 0.2) is 36.4 Å². The summed E-state index contributed by atoms with van der Waals surface area (Å²) in [6.07, 6.45) is 1.24. The lowest BCUT2D eigenvalue weighted by atomic mass is 10.2. The summed E-state index contributed by atoms with van der Waals surface area (Å²) in [5.41, 5.74) is 3.78. The molecule has 0 aliphatic carbocycles. The quantitative estimate of drug-likeness (QED) is 0.607. The molecule has 7 heteroatoms. The molecule has 24 heavy (non-hydrogen) atoms. The maximum Gasteiger partial charge on any atom is 0.247 e. The largest absolute Gasteiger partial charge is 0.356 e. The van der Waals surface area contributed by atoms with Crippen molar-refractivity contribution in [2.45, 2.75) is 13.3 Å². The molecule has 0 spiro atoms. The van der Waals surface area contributed by atoms with Crippen LogP contribution < -0.4 is 10.2 Å². The molecule has 0 amide bonds. The molecule has 0 bridgehead atoms. The third kappa shape index (κ3) is 2.01. The Kier molecular flexibility index (Phi) is 2.76. The fourth-order valence-corrected chi connectivity index (χ4v) is 3.08. The number of fused-ring (bicyclic) bond motifs is 2. The summed E-state index contributed by atoms with van der Waals surface area (Å²) in [5, 5.41) is 16.3. The second kappa shape index (κ2) is 4.95. The molecular weight excluding hydrogens is 302 g/mol. The van der Waals surface area contributed by atoms with Gasteiger partial charge in [-0.25, -0.2) is 0 Å². The van der Waals surface area contributed by atoms with Crippen LogP contribution in [0.5, 0.6) is 0 Å². The molecule has 4 heterocycles. The van der Waals surface area contributed by atoms with E-state index in [1.165, 1.54) is 6.42 Å². The molecule has 5 rings (SSSR count). The molecule has 120 valence electrons. The molecule has 7 nitrogen and oxygen atoms in total. The summed E-state index contributed by atoms with van der Waals surface area (Å²) in [6.45, 7) is 4.18. The number of aryl methyl sites for hydroxylation is 1. The smallest absolute Gasteiger partial charge is 0.247 e. The highest BCUT2D eigenvalue weighted by atomic mass is 15.4. The molecule has 1 saturated heterocycles. The van der Waals surface area contributed by atoms with Crippen molar-refractivity contribution in [2.24, 2.45) is 0 Å². The van der Waals surface area contributed by atoms with Gasteiger partial charge < -0.3 is 10.2 Å². The van der Waals surface area contributed by atoms with E-state index in [4.69, 9.17) is 0 Å². The Morgan fingerprint density at radius 3 is 2.92 bits per heavy atom. The van der Waals surface area contributed by atoms with Crippen LogP contribution in [0.4, 0.5) is 17.5 Å². The number of aromatic nitrogens is 5. The summed E-state index contributed by atoms with van der Waals surface area (Å²) < 4.78 is 1.90. The van der Waals surface area contributed by atoms with Gasteiger partial charge in [-0.3, -0.25) is 5.10 Å². The molecule has 3 aromatic heterocycles. The van der Waals surface area contributed by atoms with Gasteiger partial charge in [-0.2, -0.15) is 14.6 Å². The van der Waals surface area contributed by atoms with Gasteiger partial charge in [-0.1, -0.05) is 6.07 Å². The second-order valence-electron chi connectivity index (χ2n) is 6.14. The monoisotopic (exact) mass is 319 g/mol. The van der Waals surface area contributed by atoms with E-state index < -0.39 is 0 Å². The zero-order chi connectivity index (χ0) is 16.1. The van der Waals surface area contributed by atoms with Crippen molar-refractivity contribution < 1.29 is 0 Å². The average molecular weight is 319 g/mol. The minimum atomic E-state index is 0.592. The summed E-state index contributed by atoms with van der Waals surface area (Å²) in [5.74, 6) is 1.69. The van der Waals surface area contributed by atoms with Crippen LogP contribution in [0.25, 0.3) is 16.6 Å². The van der Waals surface area contributed by atoms with E-state index in [1.54, 1.807) is 0 Å². The van der Waals surface area contributed by atoms with Crippen molar-refractivity contribution in [2.75, 3.05) is 23.3 Å². The number of rotatable bonds is 3. The fraction of sp³-hybridized carbons (Fsp3) is 0.235. The number of anilines is 3. The van der Waals surface area contributed by atoms with Gasteiger partial charge in [0.15, 0.2) is 5.65 Å². The first-order valence-corrected chi connectivity index (χ1v) is 8.10. The maximum atomic E-state index is 4.62. The van der Waals surface area contributed by atoms with Crippen LogP contribution >= 0.6 is 0 Å². The summed E-state index contributed by atoms with van der Waals surface area (Å²) in [7, 11) is 0. The summed E-state index contributed by atoms with van der Waals surface area (Å²) >= 11 is 0. The number of benzene rings is 1. The van der Waals surface area contributed by atoms with Crippen molar-refractivity contribution in [1.29, 1.82) is 0 Å². The van der Waals surface area contributed by atoms with Crippen LogP contribution in [0.1, 0.15) is 12.1 Å². The lowest BCUT2D eigenvalue weighted by Crippen LogP contribution is -2.38. The van der Waals surface area contributed by atoms with Crippen LogP contribution in [0.3, 0.4) is 0 Å². The normalized spacial score (nSPS) is 14.3. The van der Waals surface area contributed by atoms with Crippen LogP contribution in [0, 0.1) is 6.92 Å². The predicted molar refractivity (Wildman–Crippen MR) is 93.9 cm³/mol. The highest BCUT2D eigenvalue weighted by Gasteiger charge is 2.18. The molecule has 0 saturated carbocycles. The highest BCUT2D eigenvalue weighted by Crippen LogP contribution is 2.24. The number of H-pyrrole nitrogens is 1. The number of aromatic amines is 1. The summed E-state index contributed by atoms with van der Waals surface area (Å²) in [4.78, 5) is 6.89. The average Bonchev–Trinajstić information content (AvgIpc) is 3.10. The number of pyridine rings is 1. The van der Waals surface area contributed by atoms with Crippen LogP contribution in [0.2, 0.25) is 0 Å². The Morgan fingerprint density at radius 1 is 1.17 bits per heavy atom. The van der Waals surface area contributed by atoms with Crippen molar-refractivity contribution in [3.8, 4) is 0 Å². The molecule has 1 aromatic carbocycles. The van der Waals surface area contributed by atoms with Gasteiger partial charge in [0.1, 0.15) is 5.82 Å². The van der Waals surface area contributed by atoms with Crippen LogP contribution in [-0.2, 0) is 0 Å². The van der Waals surface area contributed by atoms with E-state index in [-0.39, 0.29) is 0 Å². The lowest BCUT2D eigenvalue weighted by Gasteiger charge is -2.32. The first kappa shape index (κ1) is 13.4. The number of hydrogen-bond donors (Lipinski definition) is 2.